The Morgan fingerprint density at radius 3 is 2.82 bits per heavy atom. The standard InChI is InChI=1S/C12H21N3OS/c1-2-5-14-11(8-13)9-17-10-12(16)15-6-3-4-7-15/h11,14H,2-7,9-10H2,1H3. The van der Waals surface area contributed by atoms with Crippen molar-refractivity contribution in [2.45, 2.75) is 32.2 Å². The number of nitrogens with zero attached hydrogens (tertiary/aromatic N) is 2. The number of hydrogen-bond acceptors (Lipinski definition) is 4. The molecule has 0 aliphatic carbocycles. The maximum absolute atomic E-state index is 11.7. The Morgan fingerprint density at radius 1 is 1.53 bits per heavy atom. The molecule has 1 N–H and O–H groups in total. The fraction of sp³-hybridized carbons (Fsp3) is 0.833. The molecule has 1 atom stereocenters. The van der Waals surface area contributed by atoms with Crippen LogP contribution in [0.1, 0.15) is 26.2 Å². The molecule has 1 amide bonds. The molecule has 1 fully saturated rings. The van der Waals surface area contributed by atoms with Crippen molar-refractivity contribution in [2.75, 3.05) is 31.1 Å². The molecular formula is C12H21N3OS. The van der Waals surface area contributed by atoms with Crippen molar-refractivity contribution in [3.05, 3.63) is 0 Å². The predicted octanol–water partition coefficient (Wildman–Crippen LogP) is 1.23. The zero-order chi connectivity index (χ0) is 12.5. The first kappa shape index (κ1) is 14.3. The Balaban J connectivity index is 2.13. The molecule has 0 bridgehead atoms. The van der Waals surface area contributed by atoms with Gasteiger partial charge in [-0.15, -0.1) is 11.8 Å². The molecule has 1 aliphatic heterocycles. The molecule has 17 heavy (non-hydrogen) atoms. The SMILES string of the molecule is CCCNC(C#N)CSCC(=O)N1CCCC1. The van der Waals surface area contributed by atoms with Gasteiger partial charge in [-0.25, -0.2) is 0 Å². The Hall–Kier alpha value is -0.730. The van der Waals surface area contributed by atoms with E-state index in [1.165, 1.54) is 0 Å². The van der Waals surface area contributed by atoms with Crippen molar-refractivity contribution >= 4 is 17.7 Å². The summed E-state index contributed by atoms with van der Waals surface area (Å²) in [6, 6.07) is 2.09. The van der Waals surface area contributed by atoms with Crippen molar-refractivity contribution in [1.29, 1.82) is 5.26 Å². The third-order valence-corrected chi connectivity index (χ3v) is 3.79. The van der Waals surface area contributed by atoms with E-state index in [0.717, 1.165) is 38.9 Å². The van der Waals surface area contributed by atoms with Gasteiger partial charge in [-0.2, -0.15) is 5.26 Å². The minimum atomic E-state index is -0.133. The molecule has 1 rings (SSSR count). The number of nitriles is 1. The fourth-order valence-electron chi connectivity index (χ4n) is 1.78. The summed E-state index contributed by atoms with van der Waals surface area (Å²) in [4.78, 5) is 13.7. The summed E-state index contributed by atoms with van der Waals surface area (Å²) in [5.74, 6) is 1.42. The van der Waals surface area contributed by atoms with Crippen LogP contribution in [-0.4, -0.2) is 48.0 Å². The first-order chi connectivity index (χ1) is 8.27. The third kappa shape index (κ3) is 5.42. The maximum atomic E-state index is 11.7. The van der Waals surface area contributed by atoms with Crippen LogP contribution >= 0.6 is 11.8 Å². The van der Waals surface area contributed by atoms with E-state index in [0.29, 0.717) is 11.5 Å². The molecule has 1 unspecified atom stereocenters. The molecule has 96 valence electrons. The second-order valence-corrected chi connectivity index (χ2v) is 5.27. The lowest BCUT2D eigenvalue weighted by atomic mass is 10.3. The van der Waals surface area contributed by atoms with E-state index in [-0.39, 0.29) is 11.9 Å². The van der Waals surface area contributed by atoms with Gasteiger partial charge in [0.05, 0.1) is 11.8 Å². The van der Waals surface area contributed by atoms with E-state index in [1.807, 2.05) is 4.90 Å². The van der Waals surface area contributed by atoms with Crippen molar-refractivity contribution < 1.29 is 4.79 Å². The first-order valence-corrected chi connectivity index (χ1v) is 7.42. The highest BCUT2D eigenvalue weighted by Crippen LogP contribution is 2.11. The summed E-state index contributed by atoms with van der Waals surface area (Å²) in [5.41, 5.74) is 0. The number of carbonyl (C=O) groups excluding carboxylic acids is 1. The molecule has 0 spiro atoms. The molecule has 1 heterocycles. The normalized spacial score (nSPS) is 16.8. The Kier molecular flexibility index (Phi) is 7.06. The largest absolute Gasteiger partial charge is 0.342 e. The Morgan fingerprint density at radius 2 is 2.24 bits per heavy atom. The molecule has 5 heteroatoms. The highest BCUT2D eigenvalue weighted by molar-refractivity contribution is 8.00. The summed E-state index contributed by atoms with van der Waals surface area (Å²) >= 11 is 1.56. The zero-order valence-electron chi connectivity index (χ0n) is 10.4. The highest BCUT2D eigenvalue weighted by Gasteiger charge is 2.18. The van der Waals surface area contributed by atoms with Gasteiger partial charge in [-0.1, -0.05) is 6.92 Å². The fourth-order valence-corrected chi connectivity index (χ4v) is 2.69. The average molecular weight is 255 g/mol. The van der Waals surface area contributed by atoms with Gasteiger partial charge in [-0.3, -0.25) is 4.79 Å². The molecule has 1 saturated heterocycles. The third-order valence-electron chi connectivity index (χ3n) is 2.77. The van der Waals surface area contributed by atoms with Crippen molar-refractivity contribution in [3.63, 3.8) is 0 Å². The van der Waals surface area contributed by atoms with Gasteiger partial charge in [0.1, 0.15) is 6.04 Å². The molecule has 1 aliphatic rings. The van der Waals surface area contributed by atoms with Gasteiger partial charge in [0, 0.05) is 18.8 Å². The lowest BCUT2D eigenvalue weighted by Gasteiger charge is -2.15. The summed E-state index contributed by atoms with van der Waals surface area (Å²) in [6.45, 7) is 4.76. The maximum Gasteiger partial charge on any atom is 0.232 e. The van der Waals surface area contributed by atoms with Gasteiger partial charge < -0.3 is 10.2 Å². The zero-order valence-corrected chi connectivity index (χ0v) is 11.3. The summed E-state index contributed by atoms with van der Waals surface area (Å²) in [5, 5.41) is 12.1. The summed E-state index contributed by atoms with van der Waals surface area (Å²) in [7, 11) is 0. The van der Waals surface area contributed by atoms with Crippen LogP contribution < -0.4 is 5.32 Å². The van der Waals surface area contributed by atoms with Crippen molar-refractivity contribution in [2.24, 2.45) is 0 Å². The molecule has 0 aromatic carbocycles. The molecule has 0 aromatic rings. The number of likely N-dealkylation sites (tertiary alicyclic amines) is 1. The molecule has 0 saturated carbocycles. The van der Waals surface area contributed by atoms with E-state index in [9.17, 15) is 4.79 Å². The van der Waals surface area contributed by atoms with Gasteiger partial charge >= 0.3 is 0 Å². The van der Waals surface area contributed by atoms with E-state index >= 15 is 0 Å². The van der Waals surface area contributed by atoms with E-state index in [2.05, 4.69) is 18.3 Å². The smallest absolute Gasteiger partial charge is 0.232 e. The van der Waals surface area contributed by atoms with E-state index in [1.54, 1.807) is 11.8 Å². The second-order valence-electron chi connectivity index (χ2n) is 4.24. The number of hydrogen-bond donors (Lipinski definition) is 1. The number of rotatable bonds is 7. The van der Waals surface area contributed by atoms with Crippen molar-refractivity contribution in [1.82, 2.24) is 10.2 Å². The van der Waals surface area contributed by atoms with Crippen LogP contribution in [0.25, 0.3) is 0 Å². The quantitative estimate of drug-likeness (QED) is 0.743. The van der Waals surface area contributed by atoms with Crippen LogP contribution in [0.3, 0.4) is 0 Å². The minimum absolute atomic E-state index is 0.133. The number of nitrogens with one attached hydrogen (secondary N) is 1. The average Bonchev–Trinajstić information content (AvgIpc) is 2.87. The number of amides is 1. The van der Waals surface area contributed by atoms with Crippen LogP contribution in [0.2, 0.25) is 0 Å². The number of thioether (sulfide) groups is 1. The Labute approximate surface area is 108 Å². The van der Waals surface area contributed by atoms with Crippen molar-refractivity contribution in [3.8, 4) is 6.07 Å². The highest BCUT2D eigenvalue weighted by atomic mass is 32.2. The first-order valence-electron chi connectivity index (χ1n) is 6.26. The monoisotopic (exact) mass is 255 g/mol. The summed E-state index contributed by atoms with van der Waals surface area (Å²) < 4.78 is 0. The second kappa shape index (κ2) is 8.37. The lowest BCUT2D eigenvalue weighted by molar-refractivity contribution is -0.127. The molecular weight excluding hydrogens is 234 g/mol. The van der Waals surface area contributed by atoms with Gasteiger partial charge in [-0.05, 0) is 25.8 Å². The van der Waals surface area contributed by atoms with Crippen LogP contribution in [0, 0.1) is 11.3 Å². The molecule has 0 radical (unpaired) electrons. The summed E-state index contributed by atoms with van der Waals surface area (Å²) in [6.07, 6.45) is 3.29. The Bertz CT molecular complexity index is 271. The minimum Gasteiger partial charge on any atom is -0.342 e. The van der Waals surface area contributed by atoms with Crippen LogP contribution in [0.15, 0.2) is 0 Å². The van der Waals surface area contributed by atoms with Crippen LogP contribution in [0.5, 0.6) is 0 Å². The van der Waals surface area contributed by atoms with Crippen LogP contribution in [-0.2, 0) is 4.79 Å². The lowest BCUT2D eigenvalue weighted by Crippen LogP contribution is -2.32. The predicted molar refractivity (Wildman–Crippen MR) is 70.8 cm³/mol. The van der Waals surface area contributed by atoms with Gasteiger partial charge in [0.15, 0.2) is 0 Å². The molecule has 4 nitrogen and oxygen atoms in total. The van der Waals surface area contributed by atoms with E-state index < -0.39 is 0 Å². The number of carbonyl (C=O) groups is 1. The van der Waals surface area contributed by atoms with Gasteiger partial charge in [0.2, 0.25) is 5.91 Å². The van der Waals surface area contributed by atoms with E-state index in [4.69, 9.17) is 5.26 Å². The van der Waals surface area contributed by atoms with Gasteiger partial charge in [0.25, 0.3) is 0 Å². The molecule has 0 aromatic heterocycles. The van der Waals surface area contributed by atoms with Crippen LogP contribution in [0.4, 0.5) is 0 Å². The topological polar surface area (TPSA) is 56.1 Å².